The summed E-state index contributed by atoms with van der Waals surface area (Å²) in [4.78, 5) is 13.6. The van der Waals surface area contributed by atoms with Crippen LogP contribution in [0, 0.1) is 5.82 Å². The maximum atomic E-state index is 13.3. The van der Waals surface area contributed by atoms with Gasteiger partial charge in [-0.1, -0.05) is 41.9 Å². The quantitative estimate of drug-likeness (QED) is 0.613. The minimum Gasteiger partial charge on any atom is -0.339 e. The van der Waals surface area contributed by atoms with Crippen LogP contribution in [0.2, 0.25) is 5.02 Å². The number of halogens is 2. The Bertz CT molecular complexity index is 883. The minimum atomic E-state index is -0.293. The smallest absolute Gasteiger partial charge is 0.275 e. The van der Waals surface area contributed by atoms with Crippen molar-refractivity contribution >= 4 is 28.8 Å². The van der Waals surface area contributed by atoms with Crippen LogP contribution in [0.25, 0.3) is 0 Å². The topological polar surface area (TPSA) is 45.7 Å². The Balaban J connectivity index is 1.65. The Kier molecular flexibility index (Phi) is 6.61. The summed E-state index contributed by atoms with van der Waals surface area (Å²) in [6, 6.07) is 17.6. The molecule has 0 fully saturated rings. The largest absolute Gasteiger partial charge is 0.339 e. The molecule has 0 spiro atoms. The molecule has 0 unspecified atom stereocenters. The normalized spacial score (nSPS) is 13.1. The highest BCUT2D eigenvalue weighted by Crippen LogP contribution is 2.26. The Morgan fingerprint density at radius 2 is 1.93 bits per heavy atom. The predicted octanol–water partition coefficient (Wildman–Crippen LogP) is 4.07. The fourth-order valence-electron chi connectivity index (χ4n) is 2.86. The Hall–Kier alpha value is -2.21. The predicted molar refractivity (Wildman–Crippen MR) is 107 cm³/mol. The molecule has 2 aromatic carbocycles. The first-order chi connectivity index (χ1) is 13.0. The van der Waals surface area contributed by atoms with Crippen LogP contribution in [0.3, 0.4) is 0 Å². The van der Waals surface area contributed by atoms with E-state index in [1.54, 1.807) is 23.5 Å². The van der Waals surface area contributed by atoms with Gasteiger partial charge >= 0.3 is 0 Å². The van der Waals surface area contributed by atoms with E-state index in [1.807, 2.05) is 54.0 Å². The second-order valence-electron chi connectivity index (χ2n) is 6.35. The number of carbonyl (C=O) groups is 1. The van der Waals surface area contributed by atoms with Crippen LogP contribution < -0.4 is 10.6 Å². The number of rotatable bonds is 7. The van der Waals surface area contributed by atoms with E-state index in [2.05, 4.69) is 5.32 Å². The van der Waals surface area contributed by atoms with E-state index in [4.69, 9.17) is 11.6 Å². The SMILES string of the molecule is C[C@H]([NH2+]CC(=O)N[C@@H](c1ccc(F)cc1)c1cccs1)c1cccc(Cl)c1. The molecule has 1 amide bonds. The highest BCUT2D eigenvalue weighted by molar-refractivity contribution is 7.10. The molecule has 0 aliphatic rings. The lowest BCUT2D eigenvalue weighted by atomic mass is 10.1. The van der Waals surface area contributed by atoms with Gasteiger partial charge in [0.2, 0.25) is 0 Å². The summed E-state index contributed by atoms with van der Waals surface area (Å²) in [5.41, 5.74) is 1.93. The summed E-state index contributed by atoms with van der Waals surface area (Å²) in [6.07, 6.45) is 0. The van der Waals surface area contributed by atoms with Crippen molar-refractivity contribution in [3.8, 4) is 0 Å². The van der Waals surface area contributed by atoms with Gasteiger partial charge in [0.25, 0.3) is 5.91 Å². The zero-order valence-electron chi connectivity index (χ0n) is 14.9. The van der Waals surface area contributed by atoms with Crippen molar-refractivity contribution in [2.24, 2.45) is 0 Å². The third-order valence-corrected chi connectivity index (χ3v) is 5.54. The zero-order valence-corrected chi connectivity index (χ0v) is 16.4. The summed E-state index contributed by atoms with van der Waals surface area (Å²) >= 11 is 7.60. The molecule has 0 saturated heterocycles. The van der Waals surface area contributed by atoms with Gasteiger partial charge in [-0.3, -0.25) is 4.79 Å². The van der Waals surface area contributed by atoms with Gasteiger partial charge in [-0.05, 0) is 48.2 Å². The molecular weight excluding hydrogens is 383 g/mol. The molecule has 3 N–H and O–H groups in total. The van der Waals surface area contributed by atoms with E-state index in [1.165, 1.54) is 12.1 Å². The summed E-state index contributed by atoms with van der Waals surface area (Å²) in [6.45, 7) is 2.33. The van der Waals surface area contributed by atoms with E-state index in [9.17, 15) is 9.18 Å². The van der Waals surface area contributed by atoms with Crippen molar-refractivity contribution in [1.29, 1.82) is 0 Å². The van der Waals surface area contributed by atoms with E-state index in [0.717, 1.165) is 16.0 Å². The highest BCUT2D eigenvalue weighted by atomic mass is 35.5. The number of thiophene rings is 1. The van der Waals surface area contributed by atoms with Crippen molar-refractivity contribution in [3.63, 3.8) is 0 Å². The van der Waals surface area contributed by atoms with Gasteiger partial charge in [-0.15, -0.1) is 11.3 Å². The number of nitrogens with two attached hydrogens (primary N) is 1. The molecule has 1 heterocycles. The zero-order chi connectivity index (χ0) is 19.2. The average molecular weight is 404 g/mol. The first-order valence-corrected chi connectivity index (χ1v) is 9.95. The van der Waals surface area contributed by atoms with E-state index in [0.29, 0.717) is 5.02 Å². The van der Waals surface area contributed by atoms with Crippen molar-refractivity contribution in [2.45, 2.75) is 19.0 Å². The highest BCUT2D eigenvalue weighted by Gasteiger charge is 2.20. The van der Waals surface area contributed by atoms with Gasteiger partial charge in [0.05, 0.1) is 6.04 Å². The fourth-order valence-corrected chi connectivity index (χ4v) is 3.86. The third kappa shape index (κ3) is 5.39. The van der Waals surface area contributed by atoms with E-state index in [-0.39, 0.29) is 30.4 Å². The number of hydrogen-bond donors (Lipinski definition) is 2. The van der Waals surface area contributed by atoms with Crippen LogP contribution in [-0.4, -0.2) is 12.5 Å². The molecule has 3 aromatic rings. The molecule has 27 heavy (non-hydrogen) atoms. The molecule has 0 aliphatic heterocycles. The van der Waals surface area contributed by atoms with Gasteiger partial charge in [-0.2, -0.15) is 0 Å². The van der Waals surface area contributed by atoms with Crippen molar-refractivity contribution < 1.29 is 14.5 Å². The van der Waals surface area contributed by atoms with E-state index < -0.39 is 0 Å². The first kappa shape index (κ1) is 19.5. The lowest BCUT2D eigenvalue weighted by Gasteiger charge is -2.18. The average Bonchev–Trinajstić information content (AvgIpc) is 3.19. The van der Waals surface area contributed by atoms with Gasteiger partial charge in [0.1, 0.15) is 11.9 Å². The number of carbonyl (C=O) groups excluding carboxylic acids is 1. The number of nitrogens with one attached hydrogen (secondary N) is 1. The molecule has 0 saturated carbocycles. The summed E-state index contributed by atoms with van der Waals surface area (Å²) < 4.78 is 13.3. The number of hydrogen-bond acceptors (Lipinski definition) is 2. The van der Waals surface area contributed by atoms with Gasteiger partial charge in [0, 0.05) is 15.5 Å². The van der Waals surface area contributed by atoms with Crippen LogP contribution in [0.15, 0.2) is 66.0 Å². The molecule has 0 bridgehead atoms. The molecule has 0 radical (unpaired) electrons. The standard InChI is InChI=1S/C21H20ClFN2OS/c1-14(16-4-2-5-17(22)12-16)24-13-20(26)25-21(19-6-3-11-27-19)15-7-9-18(23)10-8-15/h2-12,14,21,24H,13H2,1H3,(H,25,26)/p+1/t14-,21-/m0/s1. The van der Waals surface area contributed by atoms with Gasteiger partial charge < -0.3 is 10.6 Å². The summed E-state index contributed by atoms with van der Waals surface area (Å²) in [5.74, 6) is -0.370. The number of benzene rings is 2. The maximum Gasteiger partial charge on any atom is 0.275 e. The van der Waals surface area contributed by atoms with Gasteiger partial charge in [-0.25, -0.2) is 4.39 Å². The number of quaternary nitrogens is 1. The first-order valence-electron chi connectivity index (χ1n) is 8.70. The monoisotopic (exact) mass is 403 g/mol. The third-order valence-electron chi connectivity index (χ3n) is 4.37. The van der Waals surface area contributed by atoms with Crippen molar-refractivity contribution in [3.05, 3.63) is 92.9 Å². The maximum absolute atomic E-state index is 13.3. The summed E-state index contributed by atoms with van der Waals surface area (Å²) in [7, 11) is 0. The second-order valence-corrected chi connectivity index (χ2v) is 7.77. The fraction of sp³-hybridized carbons (Fsp3) is 0.190. The van der Waals surface area contributed by atoms with Crippen LogP contribution in [0.1, 0.15) is 35.0 Å². The molecular formula is C21H21ClFN2OS+. The Morgan fingerprint density at radius 1 is 1.15 bits per heavy atom. The van der Waals surface area contributed by atoms with Crippen LogP contribution in [0.5, 0.6) is 0 Å². The second kappa shape index (κ2) is 9.13. The lowest BCUT2D eigenvalue weighted by Crippen LogP contribution is -2.87. The van der Waals surface area contributed by atoms with Crippen molar-refractivity contribution in [1.82, 2.24) is 5.32 Å². The molecule has 6 heteroatoms. The van der Waals surface area contributed by atoms with Crippen LogP contribution >= 0.6 is 22.9 Å². The van der Waals surface area contributed by atoms with E-state index >= 15 is 0 Å². The summed E-state index contributed by atoms with van der Waals surface area (Å²) in [5, 5.41) is 7.68. The van der Waals surface area contributed by atoms with Crippen LogP contribution in [-0.2, 0) is 4.79 Å². The molecule has 140 valence electrons. The molecule has 3 nitrogen and oxygen atoms in total. The van der Waals surface area contributed by atoms with Crippen LogP contribution in [0.4, 0.5) is 4.39 Å². The molecule has 3 rings (SSSR count). The van der Waals surface area contributed by atoms with Crippen molar-refractivity contribution in [2.75, 3.05) is 6.54 Å². The Labute approximate surface area is 167 Å². The molecule has 1 aromatic heterocycles. The Morgan fingerprint density at radius 3 is 2.59 bits per heavy atom. The minimum absolute atomic E-state index is 0.0772. The number of amides is 1. The molecule has 0 aliphatic carbocycles. The van der Waals surface area contributed by atoms with Gasteiger partial charge in [0.15, 0.2) is 6.54 Å². The molecule has 2 atom stereocenters. The lowest BCUT2D eigenvalue weighted by molar-refractivity contribution is -0.682.